The number of halogens is 3. The van der Waals surface area contributed by atoms with Crippen molar-refractivity contribution in [3.8, 4) is 5.75 Å². The van der Waals surface area contributed by atoms with Gasteiger partial charge in [-0.25, -0.2) is 0 Å². The number of benzene rings is 1. The summed E-state index contributed by atoms with van der Waals surface area (Å²) in [5.74, 6) is -0.0774. The first-order chi connectivity index (χ1) is 6.86. The van der Waals surface area contributed by atoms with Crippen molar-refractivity contribution in [2.75, 3.05) is 0 Å². The maximum atomic E-state index is 12.6. The van der Waals surface area contributed by atoms with E-state index in [-0.39, 0.29) is 16.9 Å². The van der Waals surface area contributed by atoms with E-state index in [1.165, 1.54) is 13.0 Å². The van der Waals surface area contributed by atoms with Crippen molar-refractivity contribution in [1.82, 2.24) is 0 Å². The van der Waals surface area contributed by atoms with E-state index in [1.54, 1.807) is 6.92 Å². The van der Waals surface area contributed by atoms with Crippen molar-refractivity contribution in [3.63, 3.8) is 0 Å². The Morgan fingerprint density at radius 3 is 2.33 bits per heavy atom. The van der Waals surface area contributed by atoms with E-state index >= 15 is 0 Å². The summed E-state index contributed by atoms with van der Waals surface area (Å²) in [6.45, 7) is 3.26. The highest BCUT2D eigenvalue weighted by atomic mass is 19.4. The van der Waals surface area contributed by atoms with Crippen molar-refractivity contribution < 1.29 is 18.3 Å². The van der Waals surface area contributed by atoms with E-state index in [2.05, 4.69) is 0 Å². The highest BCUT2D eigenvalue weighted by Gasteiger charge is 2.33. The molecule has 0 saturated heterocycles. The zero-order valence-electron chi connectivity index (χ0n) is 8.65. The number of aromatic hydroxyl groups is 1. The van der Waals surface area contributed by atoms with Crippen molar-refractivity contribution in [1.29, 1.82) is 0 Å². The largest absolute Gasteiger partial charge is 0.508 e. The lowest BCUT2D eigenvalue weighted by Gasteiger charge is -2.14. The number of aryl methyl sites for hydroxylation is 2. The van der Waals surface area contributed by atoms with Crippen LogP contribution in [0.2, 0.25) is 0 Å². The molecule has 0 bridgehead atoms. The van der Waals surface area contributed by atoms with Gasteiger partial charge in [-0.1, -0.05) is 13.3 Å². The smallest absolute Gasteiger partial charge is 0.416 e. The van der Waals surface area contributed by atoms with E-state index in [9.17, 15) is 18.3 Å². The molecule has 0 aliphatic heterocycles. The molecule has 0 saturated carbocycles. The number of phenolic OH excluding ortho intramolecular Hbond substituents is 1. The van der Waals surface area contributed by atoms with E-state index < -0.39 is 11.7 Å². The minimum Gasteiger partial charge on any atom is -0.508 e. The Balaban J connectivity index is 3.28. The fourth-order valence-corrected chi connectivity index (χ4v) is 1.48. The van der Waals surface area contributed by atoms with Crippen LogP contribution in [0.15, 0.2) is 12.1 Å². The maximum Gasteiger partial charge on any atom is 0.416 e. The molecule has 1 aromatic carbocycles. The molecule has 0 atom stereocenters. The molecule has 1 N–H and O–H groups in total. The normalized spacial score (nSPS) is 11.8. The molecule has 0 amide bonds. The van der Waals surface area contributed by atoms with Gasteiger partial charge in [-0.15, -0.1) is 0 Å². The molecule has 0 unspecified atom stereocenters. The van der Waals surface area contributed by atoms with Crippen LogP contribution < -0.4 is 0 Å². The van der Waals surface area contributed by atoms with Gasteiger partial charge in [-0.3, -0.25) is 0 Å². The van der Waals surface area contributed by atoms with Gasteiger partial charge >= 0.3 is 6.18 Å². The minimum atomic E-state index is -4.34. The highest BCUT2D eigenvalue weighted by molar-refractivity contribution is 5.42. The first-order valence-electron chi connectivity index (χ1n) is 4.76. The van der Waals surface area contributed by atoms with Crippen molar-refractivity contribution in [2.45, 2.75) is 32.9 Å². The summed E-state index contributed by atoms with van der Waals surface area (Å²) in [4.78, 5) is 0. The molecule has 15 heavy (non-hydrogen) atoms. The Morgan fingerprint density at radius 1 is 1.27 bits per heavy atom. The lowest BCUT2D eigenvalue weighted by Crippen LogP contribution is -2.09. The van der Waals surface area contributed by atoms with Gasteiger partial charge in [0.2, 0.25) is 0 Å². The van der Waals surface area contributed by atoms with Crippen LogP contribution in [-0.4, -0.2) is 5.11 Å². The van der Waals surface area contributed by atoms with Crippen LogP contribution in [0.1, 0.15) is 30.0 Å². The lowest BCUT2D eigenvalue weighted by molar-refractivity contribution is -0.138. The quantitative estimate of drug-likeness (QED) is 0.802. The van der Waals surface area contributed by atoms with Gasteiger partial charge < -0.3 is 5.11 Å². The second-order valence-corrected chi connectivity index (χ2v) is 3.54. The van der Waals surface area contributed by atoms with E-state index in [4.69, 9.17) is 0 Å². The molecule has 1 nitrogen and oxygen atoms in total. The Hall–Kier alpha value is -1.19. The van der Waals surface area contributed by atoms with Crippen LogP contribution in [0.4, 0.5) is 13.2 Å². The third-order valence-electron chi connectivity index (χ3n) is 2.25. The lowest BCUT2D eigenvalue weighted by atomic mass is 9.99. The van der Waals surface area contributed by atoms with E-state index in [1.807, 2.05) is 0 Å². The molecule has 0 radical (unpaired) electrons. The monoisotopic (exact) mass is 218 g/mol. The van der Waals surface area contributed by atoms with Crippen molar-refractivity contribution in [2.24, 2.45) is 0 Å². The maximum absolute atomic E-state index is 12.6. The molecule has 0 aromatic heterocycles. The molecule has 0 heterocycles. The fourth-order valence-electron chi connectivity index (χ4n) is 1.48. The van der Waals surface area contributed by atoms with E-state index in [0.717, 1.165) is 6.07 Å². The first kappa shape index (κ1) is 11.9. The number of phenols is 1. The van der Waals surface area contributed by atoms with Crippen molar-refractivity contribution >= 4 is 0 Å². The molecule has 84 valence electrons. The van der Waals surface area contributed by atoms with Crippen LogP contribution >= 0.6 is 0 Å². The van der Waals surface area contributed by atoms with Crippen molar-refractivity contribution in [3.05, 3.63) is 28.8 Å². The van der Waals surface area contributed by atoms with Gasteiger partial charge in [-0.05, 0) is 36.6 Å². The summed E-state index contributed by atoms with van der Waals surface area (Å²) < 4.78 is 37.8. The van der Waals surface area contributed by atoms with Gasteiger partial charge in [0.1, 0.15) is 5.75 Å². The second kappa shape index (κ2) is 4.13. The number of rotatable bonds is 2. The topological polar surface area (TPSA) is 20.2 Å². The third kappa shape index (κ3) is 2.64. The fraction of sp³-hybridized carbons (Fsp3) is 0.455. The van der Waals surface area contributed by atoms with Gasteiger partial charge in [-0.2, -0.15) is 13.2 Å². The zero-order valence-corrected chi connectivity index (χ0v) is 8.65. The zero-order chi connectivity index (χ0) is 11.6. The molecule has 0 aliphatic carbocycles. The van der Waals surface area contributed by atoms with Gasteiger partial charge in [0, 0.05) is 0 Å². The average Bonchev–Trinajstić information content (AvgIpc) is 2.09. The molecule has 1 aromatic rings. The second-order valence-electron chi connectivity index (χ2n) is 3.54. The van der Waals surface area contributed by atoms with E-state index in [0.29, 0.717) is 12.8 Å². The molecule has 0 spiro atoms. The predicted octanol–water partition coefficient (Wildman–Crippen LogP) is 3.67. The molecule has 1 rings (SSSR count). The van der Waals surface area contributed by atoms with Crippen LogP contribution in [0.5, 0.6) is 5.75 Å². The molecular weight excluding hydrogens is 205 g/mol. The summed E-state index contributed by atoms with van der Waals surface area (Å²) in [6.07, 6.45) is -3.41. The summed E-state index contributed by atoms with van der Waals surface area (Å²) in [5.41, 5.74) is -0.227. The number of hydrogen-bond donors (Lipinski definition) is 1. The minimum absolute atomic E-state index is 0.0774. The SMILES string of the molecule is CCCc1cc(O)c(C)cc1C(F)(F)F. The van der Waals surface area contributed by atoms with Gasteiger partial charge in [0.15, 0.2) is 0 Å². The molecular formula is C11H13F3O. The Morgan fingerprint density at radius 2 is 1.87 bits per heavy atom. The Labute approximate surface area is 86.5 Å². The number of alkyl halides is 3. The van der Waals surface area contributed by atoms with Gasteiger partial charge in [0.25, 0.3) is 0 Å². The standard InChI is InChI=1S/C11H13F3O/c1-3-4-8-6-10(15)7(2)5-9(8)11(12,13)14/h5-6,15H,3-4H2,1-2H3. The van der Waals surface area contributed by atoms with Crippen LogP contribution in [0.3, 0.4) is 0 Å². The molecule has 4 heteroatoms. The Bertz CT molecular complexity index is 356. The summed E-state index contributed by atoms with van der Waals surface area (Å²) in [5, 5.41) is 9.35. The van der Waals surface area contributed by atoms with Gasteiger partial charge in [0.05, 0.1) is 5.56 Å². The van der Waals surface area contributed by atoms with Crippen LogP contribution in [0, 0.1) is 6.92 Å². The third-order valence-corrected chi connectivity index (χ3v) is 2.25. The predicted molar refractivity (Wildman–Crippen MR) is 51.8 cm³/mol. The highest BCUT2D eigenvalue weighted by Crippen LogP contribution is 2.35. The first-order valence-corrected chi connectivity index (χ1v) is 4.76. The Kier molecular flexibility index (Phi) is 3.27. The average molecular weight is 218 g/mol. The molecule has 0 aliphatic rings. The van der Waals surface area contributed by atoms with Crippen LogP contribution in [0.25, 0.3) is 0 Å². The summed E-state index contributed by atoms with van der Waals surface area (Å²) in [6, 6.07) is 2.21. The number of hydrogen-bond acceptors (Lipinski definition) is 1. The van der Waals surface area contributed by atoms with Crippen LogP contribution in [-0.2, 0) is 12.6 Å². The summed E-state index contributed by atoms with van der Waals surface area (Å²) >= 11 is 0. The summed E-state index contributed by atoms with van der Waals surface area (Å²) in [7, 11) is 0. The molecule has 0 fully saturated rings.